The van der Waals surface area contributed by atoms with E-state index in [2.05, 4.69) is 42.1 Å². The van der Waals surface area contributed by atoms with Crippen molar-refractivity contribution in [3.8, 4) is 0 Å². The Morgan fingerprint density at radius 3 is 2.78 bits per heavy atom. The van der Waals surface area contributed by atoms with Crippen LogP contribution in [0.3, 0.4) is 0 Å². The Morgan fingerprint density at radius 1 is 1.50 bits per heavy atom. The number of fused-ring (bicyclic) bond motifs is 1. The first kappa shape index (κ1) is 13.3. The van der Waals surface area contributed by atoms with Crippen molar-refractivity contribution >= 4 is 5.69 Å². The number of rotatable bonds is 4. The van der Waals surface area contributed by atoms with Gasteiger partial charge in [0.15, 0.2) is 0 Å². The van der Waals surface area contributed by atoms with Gasteiger partial charge < -0.3 is 15.7 Å². The van der Waals surface area contributed by atoms with Crippen molar-refractivity contribution in [3.63, 3.8) is 0 Å². The molecule has 2 unspecified atom stereocenters. The molecule has 100 valence electrons. The lowest BCUT2D eigenvalue weighted by molar-refractivity contribution is 0.106. The number of hydrogen-bond donors (Lipinski definition) is 2. The van der Waals surface area contributed by atoms with Gasteiger partial charge in [0, 0.05) is 45.5 Å². The standard InChI is InChI=1S/C14H23N3O/c1-10(18)8-17-9-12-11(14(17)7-15)5-4-6-13(12)16(2)3/h4-6,10,14,18H,7-9,15H2,1-3H3. The molecule has 2 atom stereocenters. The average molecular weight is 249 g/mol. The molecule has 0 aliphatic carbocycles. The van der Waals surface area contributed by atoms with Gasteiger partial charge in [0.1, 0.15) is 0 Å². The molecular weight excluding hydrogens is 226 g/mol. The van der Waals surface area contributed by atoms with Gasteiger partial charge in [-0.25, -0.2) is 0 Å². The summed E-state index contributed by atoms with van der Waals surface area (Å²) in [6.45, 7) is 3.96. The first-order valence-electron chi connectivity index (χ1n) is 6.46. The molecule has 3 N–H and O–H groups in total. The van der Waals surface area contributed by atoms with Gasteiger partial charge in [-0.15, -0.1) is 0 Å². The SMILES string of the molecule is CC(O)CN1Cc2c(cccc2N(C)C)C1CN. The number of nitrogens with two attached hydrogens (primary N) is 1. The molecule has 18 heavy (non-hydrogen) atoms. The maximum absolute atomic E-state index is 9.59. The van der Waals surface area contributed by atoms with Gasteiger partial charge in [-0.05, 0) is 24.1 Å². The maximum atomic E-state index is 9.59. The van der Waals surface area contributed by atoms with Crippen molar-refractivity contribution in [2.75, 3.05) is 32.1 Å². The van der Waals surface area contributed by atoms with Crippen LogP contribution >= 0.6 is 0 Å². The molecule has 0 radical (unpaired) electrons. The molecule has 1 aromatic rings. The van der Waals surface area contributed by atoms with Crippen LogP contribution in [0.1, 0.15) is 24.1 Å². The number of benzene rings is 1. The predicted octanol–water partition coefficient (Wildman–Crippen LogP) is 0.949. The fourth-order valence-corrected chi connectivity index (χ4v) is 2.81. The first-order chi connectivity index (χ1) is 8.54. The lowest BCUT2D eigenvalue weighted by atomic mass is 10.0. The number of hydrogen-bond acceptors (Lipinski definition) is 4. The molecule has 0 fully saturated rings. The third-order valence-electron chi connectivity index (χ3n) is 3.55. The Bertz CT molecular complexity index is 418. The molecule has 0 bridgehead atoms. The van der Waals surface area contributed by atoms with E-state index in [0.717, 1.165) is 6.54 Å². The Balaban J connectivity index is 2.34. The molecule has 1 aromatic carbocycles. The second-order valence-electron chi connectivity index (χ2n) is 5.27. The summed E-state index contributed by atoms with van der Waals surface area (Å²) >= 11 is 0. The fraction of sp³-hybridized carbons (Fsp3) is 0.571. The Kier molecular flexibility index (Phi) is 3.90. The highest BCUT2D eigenvalue weighted by molar-refractivity contribution is 5.58. The summed E-state index contributed by atoms with van der Waals surface area (Å²) in [6.07, 6.45) is -0.323. The summed E-state index contributed by atoms with van der Waals surface area (Å²) in [6, 6.07) is 6.61. The molecule has 4 heteroatoms. The van der Waals surface area contributed by atoms with Crippen LogP contribution in [0, 0.1) is 0 Å². The smallest absolute Gasteiger partial charge is 0.0639 e. The summed E-state index contributed by atoms with van der Waals surface area (Å²) < 4.78 is 0. The van der Waals surface area contributed by atoms with Crippen LogP contribution in [0.25, 0.3) is 0 Å². The monoisotopic (exact) mass is 249 g/mol. The van der Waals surface area contributed by atoms with Crippen LogP contribution < -0.4 is 10.6 Å². The van der Waals surface area contributed by atoms with Crippen LogP contribution in [0.5, 0.6) is 0 Å². The van der Waals surface area contributed by atoms with Crippen LogP contribution in [-0.4, -0.2) is 43.3 Å². The second kappa shape index (κ2) is 5.26. The van der Waals surface area contributed by atoms with Gasteiger partial charge in [0.2, 0.25) is 0 Å². The predicted molar refractivity (Wildman–Crippen MR) is 74.7 cm³/mol. The molecule has 2 rings (SSSR count). The topological polar surface area (TPSA) is 52.7 Å². The quantitative estimate of drug-likeness (QED) is 0.834. The zero-order valence-corrected chi connectivity index (χ0v) is 11.4. The number of aliphatic hydroxyl groups is 1. The van der Waals surface area contributed by atoms with E-state index >= 15 is 0 Å². The summed E-state index contributed by atoms with van der Waals surface area (Å²) in [5.74, 6) is 0. The molecule has 0 saturated carbocycles. The van der Waals surface area contributed by atoms with E-state index in [1.54, 1.807) is 0 Å². The summed E-state index contributed by atoms with van der Waals surface area (Å²) in [5, 5.41) is 9.59. The van der Waals surface area contributed by atoms with Crippen LogP contribution in [0.4, 0.5) is 5.69 Å². The zero-order chi connectivity index (χ0) is 13.3. The average Bonchev–Trinajstić information content (AvgIpc) is 2.64. The number of aliphatic hydroxyl groups excluding tert-OH is 1. The molecule has 0 amide bonds. The van der Waals surface area contributed by atoms with Crippen molar-refractivity contribution < 1.29 is 5.11 Å². The van der Waals surface area contributed by atoms with Gasteiger partial charge in [-0.1, -0.05) is 12.1 Å². The minimum atomic E-state index is -0.323. The number of anilines is 1. The molecule has 1 heterocycles. The Labute approximate surface area is 109 Å². The van der Waals surface area contributed by atoms with Crippen LogP contribution in [0.15, 0.2) is 18.2 Å². The van der Waals surface area contributed by atoms with Crippen molar-refractivity contribution in [2.45, 2.75) is 25.6 Å². The third kappa shape index (κ3) is 2.36. The number of nitrogens with zero attached hydrogens (tertiary/aromatic N) is 2. The van der Waals surface area contributed by atoms with E-state index in [-0.39, 0.29) is 12.1 Å². The maximum Gasteiger partial charge on any atom is 0.0639 e. The molecule has 1 aliphatic rings. The fourth-order valence-electron chi connectivity index (χ4n) is 2.81. The van der Waals surface area contributed by atoms with Gasteiger partial charge in [-0.3, -0.25) is 4.90 Å². The molecular formula is C14H23N3O. The first-order valence-corrected chi connectivity index (χ1v) is 6.46. The lowest BCUT2D eigenvalue weighted by Gasteiger charge is -2.24. The minimum absolute atomic E-state index is 0.231. The second-order valence-corrected chi connectivity index (χ2v) is 5.27. The highest BCUT2D eigenvalue weighted by Gasteiger charge is 2.31. The largest absolute Gasteiger partial charge is 0.392 e. The van der Waals surface area contributed by atoms with Crippen LogP contribution in [0.2, 0.25) is 0 Å². The lowest BCUT2D eigenvalue weighted by Crippen LogP contribution is -2.33. The normalized spacial score (nSPS) is 20.8. The van der Waals surface area contributed by atoms with Gasteiger partial charge in [0.05, 0.1) is 6.10 Å². The Morgan fingerprint density at radius 2 is 2.22 bits per heavy atom. The van der Waals surface area contributed by atoms with Crippen molar-refractivity contribution in [2.24, 2.45) is 5.73 Å². The van der Waals surface area contributed by atoms with E-state index in [1.165, 1.54) is 16.8 Å². The van der Waals surface area contributed by atoms with Gasteiger partial charge >= 0.3 is 0 Å². The zero-order valence-electron chi connectivity index (χ0n) is 11.4. The Hall–Kier alpha value is -1.10. The number of β-amino-alcohol motifs (C(OH)–C–C–N with tert-alkyl or cyclic N) is 1. The minimum Gasteiger partial charge on any atom is -0.392 e. The van der Waals surface area contributed by atoms with Crippen LogP contribution in [-0.2, 0) is 6.54 Å². The van der Waals surface area contributed by atoms with Crippen molar-refractivity contribution in [1.82, 2.24) is 4.90 Å². The highest BCUT2D eigenvalue weighted by atomic mass is 16.3. The molecule has 1 aliphatic heterocycles. The van der Waals surface area contributed by atoms with Gasteiger partial charge in [-0.2, -0.15) is 0 Å². The summed E-state index contributed by atoms with van der Waals surface area (Å²) in [5.41, 5.74) is 9.81. The summed E-state index contributed by atoms with van der Waals surface area (Å²) in [4.78, 5) is 4.40. The molecule has 0 spiro atoms. The van der Waals surface area contributed by atoms with E-state index in [1.807, 2.05) is 6.92 Å². The summed E-state index contributed by atoms with van der Waals surface area (Å²) in [7, 11) is 4.12. The molecule has 0 aromatic heterocycles. The van der Waals surface area contributed by atoms with Gasteiger partial charge in [0.25, 0.3) is 0 Å². The van der Waals surface area contributed by atoms with E-state index < -0.39 is 0 Å². The molecule has 4 nitrogen and oxygen atoms in total. The third-order valence-corrected chi connectivity index (χ3v) is 3.55. The highest BCUT2D eigenvalue weighted by Crippen LogP contribution is 2.37. The molecule has 0 saturated heterocycles. The van der Waals surface area contributed by atoms with E-state index in [9.17, 15) is 5.11 Å². The van der Waals surface area contributed by atoms with E-state index in [0.29, 0.717) is 13.1 Å². The van der Waals surface area contributed by atoms with E-state index in [4.69, 9.17) is 5.73 Å². The van der Waals surface area contributed by atoms with Crippen molar-refractivity contribution in [3.05, 3.63) is 29.3 Å². The van der Waals surface area contributed by atoms with Crippen molar-refractivity contribution in [1.29, 1.82) is 0 Å².